The molecule has 1 aromatic heterocycles. The molecule has 1 aliphatic rings. The highest BCUT2D eigenvalue weighted by Gasteiger charge is 2.27. The van der Waals surface area contributed by atoms with Gasteiger partial charge in [-0.2, -0.15) is 0 Å². The zero-order chi connectivity index (χ0) is 17.9. The third-order valence-corrected chi connectivity index (χ3v) is 4.41. The number of aliphatic imine (C=N–C) groups is 1. The van der Waals surface area contributed by atoms with E-state index >= 15 is 0 Å². The lowest BCUT2D eigenvalue weighted by atomic mass is 10.0. The SMILES string of the molecule is Nc1c(N=C(c2ccccc2)c2ccccc2)cnc(C2COC2)c1F. The molecule has 26 heavy (non-hydrogen) atoms. The number of hydrogen-bond donors (Lipinski definition) is 1. The van der Waals surface area contributed by atoms with Gasteiger partial charge in [0.2, 0.25) is 0 Å². The largest absolute Gasteiger partial charge is 0.394 e. The second kappa shape index (κ2) is 7.06. The Morgan fingerprint density at radius 1 is 1.00 bits per heavy atom. The highest BCUT2D eigenvalue weighted by Crippen LogP contribution is 2.32. The van der Waals surface area contributed by atoms with Crippen molar-refractivity contribution >= 4 is 17.1 Å². The minimum atomic E-state index is -0.500. The minimum Gasteiger partial charge on any atom is -0.394 e. The van der Waals surface area contributed by atoms with Gasteiger partial charge in [-0.25, -0.2) is 9.38 Å². The average molecular weight is 347 g/mol. The van der Waals surface area contributed by atoms with Gasteiger partial charge in [0.1, 0.15) is 5.69 Å². The molecule has 0 atom stereocenters. The van der Waals surface area contributed by atoms with Crippen molar-refractivity contribution in [1.82, 2.24) is 4.98 Å². The van der Waals surface area contributed by atoms with E-state index in [-0.39, 0.29) is 11.6 Å². The molecule has 1 aliphatic heterocycles. The molecule has 0 bridgehead atoms. The predicted molar refractivity (Wildman–Crippen MR) is 100 cm³/mol. The number of anilines is 1. The normalized spacial score (nSPS) is 13.9. The maximum absolute atomic E-state index is 14.7. The number of pyridine rings is 1. The van der Waals surface area contributed by atoms with Crippen LogP contribution in [-0.4, -0.2) is 23.9 Å². The van der Waals surface area contributed by atoms with E-state index in [0.29, 0.717) is 24.6 Å². The van der Waals surface area contributed by atoms with Gasteiger partial charge < -0.3 is 10.5 Å². The van der Waals surface area contributed by atoms with Gasteiger partial charge in [0, 0.05) is 11.1 Å². The highest BCUT2D eigenvalue weighted by molar-refractivity contribution is 6.14. The highest BCUT2D eigenvalue weighted by atomic mass is 19.1. The van der Waals surface area contributed by atoms with Gasteiger partial charge in [-0.05, 0) is 0 Å². The molecule has 1 fully saturated rings. The molecule has 3 aromatic rings. The van der Waals surface area contributed by atoms with E-state index in [1.807, 2.05) is 60.7 Å². The fourth-order valence-electron chi connectivity index (χ4n) is 2.88. The Balaban J connectivity index is 1.81. The number of ether oxygens (including phenoxy) is 1. The lowest BCUT2D eigenvalue weighted by Crippen LogP contribution is -2.27. The molecular formula is C21H18FN3O. The Bertz CT molecular complexity index is 897. The fraction of sp³-hybridized carbons (Fsp3) is 0.143. The molecule has 2 N–H and O–H groups in total. The maximum Gasteiger partial charge on any atom is 0.170 e. The predicted octanol–water partition coefficient (Wildman–Crippen LogP) is 4.09. The standard InChI is InChI=1S/C21H18FN3O/c22-18-19(23)17(11-24-21(18)16-12-26-13-16)25-20(14-7-3-1-4-8-14)15-9-5-2-6-10-15/h1-11,16H,12-13H2,(H2,23,24). The van der Waals surface area contributed by atoms with Crippen molar-refractivity contribution in [3.8, 4) is 0 Å². The summed E-state index contributed by atoms with van der Waals surface area (Å²) >= 11 is 0. The topological polar surface area (TPSA) is 60.5 Å². The molecule has 5 heteroatoms. The van der Waals surface area contributed by atoms with Gasteiger partial charge in [0.05, 0.1) is 42.4 Å². The van der Waals surface area contributed by atoms with E-state index in [4.69, 9.17) is 10.5 Å². The molecule has 2 heterocycles. The Morgan fingerprint density at radius 2 is 1.58 bits per heavy atom. The van der Waals surface area contributed by atoms with Gasteiger partial charge >= 0.3 is 0 Å². The molecule has 4 nitrogen and oxygen atoms in total. The van der Waals surface area contributed by atoms with E-state index < -0.39 is 5.82 Å². The summed E-state index contributed by atoms with van der Waals surface area (Å²) < 4.78 is 19.8. The van der Waals surface area contributed by atoms with Crippen LogP contribution in [0.3, 0.4) is 0 Å². The zero-order valence-corrected chi connectivity index (χ0v) is 14.1. The summed E-state index contributed by atoms with van der Waals surface area (Å²) in [5, 5.41) is 0. The number of benzene rings is 2. The fourth-order valence-corrected chi connectivity index (χ4v) is 2.88. The van der Waals surface area contributed by atoms with Crippen LogP contribution in [0.2, 0.25) is 0 Å². The third kappa shape index (κ3) is 3.09. The quantitative estimate of drug-likeness (QED) is 0.723. The lowest BCUT2D eigenvalue weighted by molar-refractivity contribution is 0.00526. The van der Waals surface area contributed by atoms with Crippen LogP contribution < -0.4 is 5.73 Å². The molecular weight excluding hydrogens is 329 g/mol. The van der Waals surface area contributed by atoms with Gasteiger partial charge in [-0.3, -0.25) is 4.98 Å². The molecule has 1 saturated heterocycles. The molecule has 0 unspecified atom stereocenters. The first kappa shape index (κ1) is 16.4. The van der Waals surface area contributed by atoms with Crippen molar-refractivity contribution in [2.75, 3.05) is 18.9 Å². The van der Waals surface area contributed by atoms with Crippen LogP contribution in [0.25, 0.3) is 0 Å². The van der Waals surface area contributed by atoms with Crippen LogP contribution in [0.4, 0.5) is 15.8 Å². The first-order valence-corrected chi connectivity index (χ1v) is 8.45. The van der Waals surface area contributed by atoms with Crippen molar-refractivity contribution in [1.29, 1.82) is 0 Å². The summed E-state index contributed by atoms with van der Waals surface area (Å²) in [7, 11) is 0. The Hall–Kier alpha value is -3.05. The number of aromatic nitrogens is 1. The van der Waals surface area contributed by atoms with Gasteiger partial charge in [-0.15, -0.1) is 0 Å². The average Bonchev–Trinajstić information content (AvgIpc) is 2.65. The van der Waals surface area contributed by atoms with Gasteiger partial charge in [0.25, 0.3) is 0 Å². The molecule has 0 saturated carbocycles. The number of nitrogen functional groups attached to an aromatic ring is 1. The van der Waals surface area contributed by atoms with Gasteiger partial charge in [-0.1, -0.05) is 60.7 Å². The summed E-state index contributed by atoms with van der Waals surface area (Å²) in [4.78, 5) is 8.92. The summed E-state index contributed by atoms with van der Waals surface area (Å²) in [5.74, 6) is -0.530. The second-order valence-electron chi connectivity index (χ2n) is 6.18. The number of halogens is 1. The summed E-state index contributed by atoms with van der Waals surface area (Å²) in [6, 6.07) is 19.5. The molecule has 2 aromatic carbocycles. The van der Waals surface area contributed by atoms with Crippen LogP contribution in [0, 0.1) is 5.82 Å². The van der Waals surface area contributed by atoms with Crippen LogP contribution in [0.15, 0.2) is 71.9 Å². The number of hydrogen-bond acceptors (Lipinski definition) is 4. The number of nitrogens with zero attached hydrogens (tertiary/aromatic N) is 2. The number of nitrogens with two attached hydrogens (primary N) is 1. The van der Waals surface area contributed by atoms with E-state index in [2.05, 4.69) is 9.98 Å². The Morgan fingerprint density at radius 3 is 2.08 bits per heavy atom. The zero-order valence-electron chi connectivity index (χ0n) is 14.1. The minimum absolute atomic E-state index is 0.0197. The molecule has 0 spiro atoms. The van der Waals surface area contributed by atoms with Crippen molar-refractivity contribution < 1.29 is 9.13 Å². The van der Waals surface area contributed by atoms with Crippen molar-refractivity contribution in [2.45, 2.75) is 5.92 Å². The summed E-state index contributed by atoms with van der Waals surface area (Å²) in [6.45, 7) is 0.955. The van der Waals surface area contributed by atoms with E-state index in [1.165, 1.54) is 6.20 Å². The van der Waals surface area contributed by atoms with Crippen LogP contribution in [-0.2, 0) is 4.74 Å². The Kier molecular flexibility index (Phi) is 4.46. The van der Waals surface area contributed by atoms with E-state index in [0.717, 1.165) is 16.8 Å². The maximum atomic E-state index is 14.7. The van der Waals surface area contributed by atoms with Crippen molar-refractivity contribution in [3.05, 3.63) is 89.5 Å². The molecule has 0 amide bonds. The smallest absolute Gasteiger partial charge is 0.170 e. The van der Waals surface area contributed by atoms with Crippen molar-refractivity contribution in [3.63, 3.8) is 0 Å². The molecule has 0 aliphatic carbocycles. The van der Waals surface area contributed by atoms with Crippen LogP contribution in [0.5, 0.6) is 0 Å². The van der Waals surface area contributed by atoms with Gasteiger partial charge in [0.15, 0.2) is 5.82 Å². The van der Waals surface area contributed by atoms with Crippen LogP contribution >= 0.6 is 0 Å². The lowest BCUT2D eigenvalue weighted by Gasteiger charge is -2.26. The van der Waals surface area contributed by atoms with E-state index in [1.54, 1.807) is 0 Å². The summed E-state index contributed by atoms with van der Waals surface area (Å²) in [6.07, 6.45) is 1.54. The first-order valence-electron chi connectivity index (χ1n) is 8.45. The third-order valence-electron chi connectivity index (χ3n) is 4.41. The molecule has 4 rings (SSSR count). The number of rotatable bonds is 4. The second-order valence-corrected chi connectivity index (χ2v) is 6.18. The molecule has 130 valence electrons. The first-order chi connectivity index (χ1) is 12.7. The van der Waals surface area contributed by atoms with Crippen molar-refractivity contribution in [2.24, 2.45) is 4.99 Å². The van der Waals surface area contributed by atoms with Crippen LogP contribution in [0.1, 0.15) is 22.7 Å². The summed E-state index contributed by atoms with van der Waals surface area (Å²) in [5.41, 5.74) is 9.32. The molecule has 0 radical (unpaired) electrons. The Labute approximate surface area is 151 Å². The monoisotopic (exact) mass is 347 g/mol. The van der Waals surface area contributed by atoms with E-state index in [9.17, 15) is 4.39 Å².